The van der Waals surface area contributed by atoms with E-state index in [-0.39, 0.29) is 10.6 Å². The predicted molar refractivity (Wildman–Crippen MR) is 52.9 cm³/mol. The molecular formula is C9H7F2NOS. The number of aromatic hydroxyl groups is 1. The lowest BCUT2D eigenvalue weighted by atomic mass is 10.1. The van der Waals surface area contributed by atoms with Gasteiger partial charge in [0, 0.05) is 11.1 Å². The molecule has 2 nitrogen and oxygen atoms in total. The van der Waals surface area contributed by atoms with E-state index in [1.54, 1.807) is 12.1 Å². The normalized spacial score (nSPS) is 11.4. The van der Waals surface area contributed by atoms with Crippen LogP contribution in [0.15, 0.2) is 18.2 Å². The second-order valence-electron chi connectivity index (χ2n) is 2.85. The van der Waals surface area contributed by atoms with E-state index in [9.17, 15) is 13.9 Å². The van der Waals surface area contributed by atoms with Gasteiger partial charge >= 0.3 is 0 Å². The third-order valence-electron chi connectivity index (χ3n) is 1.98. The number of anilines is 1. The molecule has 0 fully saturated rings. The van der Waals surface area contributed by atoms with Crippen molar-refractivity contribution >= 4 is 27.1 Å². The number of alkyl halides is 2. The number of nitrogen functional groups attached to an aromatic ring is 1. The maximum atomic E-state index is 12.5. The third kappa shape index (κ3) is 1.21. The van der Waals surface area contributed by atoms with Crippen molar-refractivity contribution in [3.63, 3.8) is 0 Å². The fourth-order valence-corrected chi connectivity index (χ4v) is 2.33. The zero-order valence-electron chi connectivity index (χ0n) is 7.00. The minimum absolute atomic E-state index is 0.322. The Labute approximate surface area is 82.6 Å². The summed E-state index contributed by atoms with van der Waals surface area (Å²) >= 11 is 0.884. The molecule has 2 aromatic rings. The monoisotopic (exact) mass is 215 g/mol. The maximum absolute atomic E-state index is 12.5. The molecule has 0 bridgehead atoms. The van der Waals surface area contributed by atoms with Gasteiger partial charge < -0.3 is 10.8 Å². The minimum Gasteiger partial charge on any atom is -0.499 e. The summed E-state index contributed by atoms with van der Waals surface area (Å²) in [6.45, 7) is 0. The molecule has 14 heavy (non-hydrogen) atoms. The van der Waals surface area contributed by atoms with Crippen LogP contribution >= 0.6 is 11.3 Å². The van der Waals surface area contributed by atoms with Crippen molar-refractivity contribution in [2.45, 2.75) is 6.43 Å². The molecule has 0 unspecified atom stereocenters. The zero-order valence-corrected chi connectivity index (χ0v) is 7.81. The first-order chi connectivity index (χ1) is 6.61. The Morgan fingerprint density at radius 3 is 2.71 bits per heavy atom. The fourth-order valence-electron chi connectivity index (χ4n) is 1.36. The van der Waals surface area contributed by atoms with Gasteiger partial charge in [-0.15, -0.1) is 0 Å². The van der Waals surface area contributed by atoms with E-state index in [4.69, 9.17) is 5.73 Å². The van der Waals surface area contributed by atoms with Crippen LogP contribution in [0.5, 0.6) is 5.06 Å². The summed E-state index contributed by atoms with van der Waals surface area (Å²) in [5, 5.41) is 9.29. The van der Waals surface area contributed by atoms with Gasteiger partial charge in [-0.2, -0.15) is 0 Å². The summed E-state index contributed by atoms with van der Waals surface area (Å²) in [5.74, 6) is 0. The number of fused-ring (bicyclic) bond motifs is 1. The van der Waals surface area contributed by atoms with Crippen LogP contribution in [0, 0.1) is 0 Å². The number of thiophene rings is 1. The molecule has 0 aliphatic carbocycles. The van der Waals surface area contributed by atoms with Crippen molar-refractivity contribution in [2.75, 3.05) is 5.73 Å². The van der Waals surface area contributed by atoms with E-state index in [1.165, 1.54) is 6.07 Å². The van der Waals surface area contributed by atoms with E-state index in [2.05, 4.69) is 0 Å². The summed E-state index contributed by atoms with van der Waals surface area (Å²) < 4.78 is 25.6. The van der Waals surface area contributed by atoms with Crippen molar-refractivity contribution in [3.8, 4) is 5.06 Å². The summed E-state index contributed by atoms with van der Waals surface area (Å²) in [6.07, 6.45) is -2.68. The highest BCUT2D eigenvalue weighted by atomic mass is 32.1. The van der Waals surface area contributed by atoms with Crippen molar-refractivity contribution in [2.24, 2.45) is 0 Å². The summed E-state index contributed by atoms with van der Waals surface area (Å²) in [4.78, 5) is 0. The van der Waals surface area contributed by atoms with Crippen molar-refractivity contribution in [3.05, 3.63) is 23.8 Å². The summed E-state index contributed by atoms with van der Waals surface area (Å²) in [6, 6.07) is 4.74. The van der Waals surface area contributed by atoms with Gasteiger partial charge in [0.15, 0.2) is 5.06 Å². The van der Waals surface area contributed by atoms with Crippen LogP contribution in [0.1, 0.15) is 12.0 Å². The lowest BCUT2D eigenvalue weighted by Crippen LogP contribution is -1.85. The number of rotatable bonds is 1. The molecule has 0 atom stereocenters. The lowest BCUT2D eigenvalue weighted by Gasteiger charge is -1.98. The van der Waals surface area contributed by atoms with Gasteiger partial charge in [-0.25, -0.2) is 8.78 Å². The van der Waals surface area contributed by atoms with Crippen LogP contribution in [-0.4, -0.2) is 5.11 Å². The number of benzene rings is 1. The summed E-state index contributed by atoms with van der Waals surface area (Å²) in [7, 11) is 0. The number of hydrogen-bond donors (Lipinski definition) is 2. The molecule has 74 valence electrons. The van der Waals surface area contributed by atoms with Gasteiger partial charge in [-0.1, -0.05) is 23.5 Å². The molecule has 1 heterocycles. The highest BCUT2D eigenvalue weighted by Gasteiger charge is 2.20. The molecule has 0 aliphatic heterocycles. The van der Waals surface area contributed by atoms with Crippen molar-refractivity contribution in [1.29, 1.82) is 0 Å². The largest absolute Gasteiger partial charge is 0.499 e. The second kappa shape index (κ2) is 3.09. The first kappa shape index (κ1) is 9.21. The molecule has 0 saturated carbocycles. The molecule has 0 spiro atoms. The van der Waals surface area contributed by atoms with Crippen molar-refractivity contribution < 1.29 is 13.9 Å². The van der Waals surface area contributed by atoms with Gasteiger partial charge in [0.2, 0.25) is 0 Å². The first-order valence-corrected chi connectivity index (χ1v) is 4.71. The Bertz CT molecular complexity index is 481. The Kier molecular flexibility index (Phi) is 2.03. The highest BCUT2D eigenvalue weighted by Crippen LogP contribution is 2.44. The molecule has 1 aromatic carbocycles. The standard InChI is InChI=1S/C9H7F2NOS/c10-8(11)6-4-2-1-3-5(12)7(4)14-9(6)13/h1-3,8,13H,12H2. The van der Waals surface area contributed by atoms with Crippen molar-refractivity contribution in [1.82, 2.24) is 0 Å². The average molecular weight is 215 g/mol. The highest BCUT2D eigenvalue weighted by molar-refractivity contribution is 7.21. The molecule has 0 saturated heterocycles. The number of nitrogens with two attached hydrogens (primary N) is 1. The Balaban J connectivity index is 2.83. The van der Waals surface area contributed by atoms with E-state index >= 15 is 0 Å². The molecule has 0 radical (unpaired) electrons. The number of halogens is 2. The fraction of sp³-hybridized carbons (Fsp3) is 0.111. The Morgan fingerprint density at radius 2 is 2.07 bits per heavy atom. The van der Waals surface area contributed by atoms with Gasteiger partial charge in [-0.3, -0.25) is 0 Å². The first-order valence-electron chi connectivity index (χ1n) is 3.89. The van der Waals surface area contributed by atoms with E-state index < -0.39 is 6.43 Å². The second-order valence-corrected chi connectivity index (χ2v) is 3.84. The van der Waals surface area contributed by atoms with Gasteiger partial charge in [0.05, 0.1) is 10.3 Å². The van der Waals surface area contributed by atoms with Gasteiger partial charge in [0.1, 0.15) is 0 Å². The maximum Gasteiger partial charge on any atom is 0.268 e. The van der Waals surface area contributed by atoms with Gasteiger partial charge in [0.25, 0.3) is 6.43 Å². The zero-order chi connectivity index (χ0) is 10.3. The number of hydrogen-bond acceptors (Lipinski definition) is 3. The molecule has 5 heteroatoms. The topological polar surface area (TPSA) is 46.2 Å². The molecule has 1 aromatic heterocycles. The van der Waals surface area contributed by atoms with Crippen LogP contribution < -0.4 is 5.73 Å². The van der Waals surface area contributed by atoms with E-state index in [0.717, 1.165) is 11.3 Å². The molecule has 0 amide bonds. The van der Waals surface area contributed by atoms with E-state index in [1.807, 2.05) is 0 Å². The Hall–Kier alpha value is -1.36. The van der Waals surface area contributed by atoms with Crippen LogP contribution in [-0.2, 0) is 0 Å². The van der Waals surface area contributed by atoms with E-state index in [0.29, 0.717) is 15.8 Å². The van der Waals surface area contributed by atoms with Gasteiger partial charge in [-0.05, 0) is 6.07 Å². The quantitative estimate of drug-likeness (QED) is 0.718. The average Bonchev–Trinajstić information content (AvgIpc) is 2.42. The molecular weight excluding hydrogens is 208 g/mol. The van der Waals surface area contributed by atoms with Crippen LogP contribution in [0.4, 0.5) is 14.5 Å². The van der Waals surface area contributed by atoms with Crippen LogP contribution in [0.25, 0.3) is 10.1 Å². The lowest BCUT2D eigenvalue weighted by molar-refractivity contribution is 0.150. The van der Waals surface area contributed by atoms with Crippen LogP contribution in [0.2, 0.25) is 0 Å². The molecule has 0 aliphatic rings. The third-order valence-corrected chi connectivity index (χ3v) is 3.06. The Morgan fingerprint density at radius 1 is 1.36 bits per heavy atom. The SMILES string of the molecule is Nc1cccc2c(C(F)F)c(O)sc12. The minimum atomic E-state index is -2.68. The summed E-state index contributed by atoms with van der Waals surface area (Å²) in [5.41, 5.74) is 5.68. The molecule has 3 N–H and O–H groups in total. The smallest absolute Gasteiger partial charge is 0.268 e. The van der Waals surface area contributed by atoms with Crippen LogP contribution in [0.3, 0.4) is 0 Å². The predicted octanol–water partition coefficient (Wildman–Crippen LogP) is 3.13. The molecule has 2 rings (SSSR count).